The number of esters is 1. The molecule has 0 N–H and O–H groups in total. The second kappa shape index (κ2) is 4.44. The van der Waals surface area contributed by atoms with Crippen LogP contribution in [0.3, 0.4) is 0 Å². The van der Waals surface area contributed by atoms with Crippen LogP contribution >= 0.6 is 0 Å². The van der Waals surface area contributed by atoms with Gasteiger partial charge in [-0.3, -0.25) is 4.79 Å². The van der Waals surface area contributed by atoms with Crippen LogP contribution in [-0.2, 0) is 14.3 Å². The summed E-state index contributed by atoms with van der Waals surface area (Å²) in [7, 11) is 1.42. The van der Waals surface area contributed by atoms with Crippen LogP contribution in [0.25, 0.3) is 0 Å². The Morgan fingerprint density at radius 1 is 1.17 bits per heavy atom. The van der Waals surface area contributed by atoms with Crippen molar-refractivity contribution in [2.45, 2.75) is 32.8 Å². The number of piperidine rings is 2. The van der Waals surface area contributed by atoms with Crippen LogP contribution in [0, 0.1) is 17.8 Å². The highest BCUT2D eigenvalue weighted by molar-refractivity contribution is 5.75. The van der Waals surface area contributed by atoms with Gasteiger partial charge in [0.1, 0.15) is 5.60 Å². The summed E-state index contributed by atoms with van der Waals surface area (Å²) in [5.74, 6) is 0.321. The summed E-state index contributed by atoms with van der Waals surface area (Å²) in [5.41, 5.74) is -0.472. The van der Waals surface area contributed by atoms with Crippen molar-refractivity contribution in [3.63, 3.8) is 0 Å². The first-order chi connectivity index (χ1) is 8.31. The number of fused-ring (bicyclic) bond motifs is 2. The fraction of sp³-hybridized carbons (Fsp3) is 0.846. The molecule has 2 bridgehead atoms. The molecule has 1 saturated carbocycles. The average molecular weight is 255 g/mol. The lowest BCUT2D eigenvalue weighted by Crippen LogP contribution is -2.59. The van der Waals surface area contributed by atoms with Crippen molar-refractivity contribution in [2.24, 2.45) is 17.8 Å². The van der Waals surface area contributed by atoms with Crippen molar-refractivity contribution in [3.05, 3.63) is 0 Å². The number of hydrogen-bond acceptors (Lipinski definition) is 4. The lowest BCUT2D eigenvalue weighted by Gasteiger charge is -2.51. The Balaban J connectivity index is 1.91. The van der Waals surface area contributed by atoms with E-state index in [1.807, 2.05) is 20.8 Å². The van der Waals surface area contributed by atoms with Crippen molar-refractivity contribution < 1.29 is 19.1 Å². The highest BCUT2D eigenvalue weighted by Gasteiger charge is 2.52. The molecule has 1 aliphatic carbocycles. The van der Waals surface area contributed by atoms with Crippen LogP contribution in [0.2, 0.25) is 0 Å². The Labute approximate surface area is 107 Å². The number of nitrogens with zero attached hydrogens (tertiary/aromatic N) is 1. The van der Waals surface area contributed by atoms with Crippen molar-refractivity contribution in [1.82, 2.24) is 4.90 Å². The Bertz CT molecular complexity index is 348. The molecule has 18 heavy (non-hydrogen) atoms. The smallest absolute Gasteiger partial charge is 0.410 e. The van der Waals surface area contributed by atoms with Gasteiger partial charge in [-0.1, -0.05) is 0 Å². The van der Waals surface area contributed by atoms with Crippen LogP contribution in [0.5, 0.6) is 0 Å². The molecule has 5 heteroatoms. The highest BCUT2D eigenvalue weighted by Crippen LogP contribution is 2.46. The van der Waals surface area contributed by atoms with Gasteiger partial charge in [-0.25, -0.2) is 4.79 Å². The molecule has 1 amide bonds. The zero-order valence-electron chi connectivity index (χ0n) is 11.4. The fourth-order valence-electron chi connectivity index (χ4n) is 2.88. The third-order valence-corrected chi connectivity index (χ3v) is 3.66. The zero-order valence-corrected chi connectivity index (χ0v) is 11.4. The molecule has 0 aromatic carbocycles. The van der Waals surface area contributed by atoms with Gasteiger partial charge in [0.15, 0.2) is 0 Å². The largest absolute Gasteiger partial charge is 0.469 e. The van der Waals surface area contributed by atoms with E-state index in [-0.39, 0.29) is 29.8 Å². The maximum absolute atomic E-state index is 11.9. The molecule has 0 aromatic heterocycles. The molecule has 2 atom stereocenters. The lowest BCUT2D eigenvalue weighted by atomic mass is 9.61. The molecule has 2 aliphatic heterocycles. The molecule has 3 fully saturated rings. The highest BCUT2D eigenvalue weighted by atomic mass is 16.6. The molecule has 5 nitrogen and oxygen atoms in total. The number of carbonyl (C=O) groups is 2. The van der Waals surface area contributed by atoms with Gasteiger partial charge in [0.25, 0.3) is 0 Å². The van der Waals surface area contributed by atoms with E-state index in [1.165, 1.54) is 7.11 Å². The minimum Gasteiger partial charge on any atom is -0.469 e. The van der Waals surface area contributed by atoms with Gasteiger partial charge < -0.3 is 14.4 Å². The van der Waals surface area contributed by atoms with Gasteiger partial charge in [-0.15, -0.1) is 0 Å². The van der Waals surface area contributed by atoms with Gasteiger partial charge in [-0.05, 0) is 39.0 Å². The Morgan fingerprint density at radius 3 is 2.17 bits per heavy atom. The van der Waals surface area contributed by atoms with E-state index in [1.54, 1.807) is 4.90 Å². The monoisotopic (exact) mass is 255 g/mol. The normalized spacial score (nSPS) is 30.4. The third kappa shape index (κ3) is 2.44. The minimum absolute atomic E-state index is 0.0197. The van der Waals surface area contributed by atoms with Gasteiger partial charge in [0.2, 0.25) is 0 Å². The third-order valence-electron chi connectivity index (χ3n) is 3.66. The van der Waals surface area contributed by atoms with Crippen LogP contribution < -0.4 is 0 Å². The first kappa shape index (κ1) is 13.2. The van der Waals surface area contributed by atoms with E-state index in [0.717, 1.165) is 6.42 Å². The van der Waals surface area contributed by atoms with Crippen LogP contribution in [0.4, 0.5) is 4.79 Å². The Hall–Kier alpha value is -1.26. The second-order valence-corrected chi connectivity index (χ2v) is 6.19. The number of hydrogen-bond donors (Lipinski definition) is 0. The topological polar surface area (TPSA) is 55.8 Å². The van der Waals surface area contributed by atoms with Crippen LogP contribution in [0.15, 0.2) is 0 Å². The molecular weight excluding hydrogens is 234 g/mol. The van der Waals surface area contributed by atoms with Gasteiger partial charge >= 0.3 is 12.1 Å². The standard InChI is InChI=1S/C13H21NO4/c1-13(2,3)18-12(16)14-6-8-5-9(7-14)10(8)11(15)17-4/h8-10H,5-7H2,1-4H3/t8-,9-/m1/s1. The molecule has 0 aromatic rings. The molecule has 0 spiro atoms. The maximum atomic E-state index is 11.9. The predicted molar refractivity (Wildman–Crippen MR) is 64.9 cm³/mol. The number of rotatable bonds is 1. The quantitative estimate of drug-likeness (QED) is 0.669. The minimum atomic E-state index is -0.472. The van der Waals surface area contributed by atoms with Gasteiger partial charge in [0, 0.05) is 13.1 Å². The fourth-order valence-corrected chi connectivity index (χ4v) is 2.88. The summed E-state index contributed by atoms with van der Waals surface area (Å²) >= 11 is 0. The van der Waals surface area contributed by atoms with E-state index < -0.39 is 5.60 Å². The molecule has 2 saturated heterocycles. The second-order valence-electron chi connectivity index (χ2n) is 6.19. The van der Waals surface area contributed by atoms with E-state index >= 15 is 0 Å². The van der Waals surface area contributed by atoms with Crippen molar-refractivity contribution in [3.8, 4) is 0 Å². The average Bonchev–Trinajstić information content (AvgIpc) is 2.26. The lowest BCUT2D eigenvalue weighted by molar-refractivity contribution is -0.162. The molecule has 0 unspecified atom stereocenters. The molecule has 2 heterocycles. The van der Waals surface area contributed by atoms with Crippen molar-refractivity contribution >= 4 is 12.1 Å². The SMILES string of the molecule is COC(=O)C1[C@@H]2C[C@@H]1CN(C(=O)OC(C)(C)C)C2. The predicted octanol–water partition coefficient (Wildman–Crippen LogP) is 1.66. The summed E-state index contributed by atoms with van der Waals surface area (Å²) in [5, 5.41) is 0. The summed E-state index contributed by atoms with van der Waals surface area (Å²) in [6.45, 7) is 6.77. The molecule has 3 rings (SSSR count). The summed E-state index contributed by atoms with van der Waals surface area (Å²) in [4.78, 5) is 25.2. The molecule has 0 radical (unpaired) electrons. The number of amides is 1. The Kier molecular flexibility index (Phi) is 3.25. The van der Waals surface area contributed by atoms with E-state index in [9.17, 15) is 9.59 Å². The van der Waals surface area contributed by atoms with Crippen molar-refractivity contribution in [2.75, 3.05) is 20.2 Å². The summed E-state index contributed by atoms with van der Waals surface area (Å²) in [6, 6.07) is 0. The first-order valence-corrected chi connectivity index (χ1v) is 6.37. The summed E-state index contributed by atoms with van der Waals surface area (Å²) < 4.78 is 10.1. The number of ether oxygens (including phenoxy) is 2. The maximum Gasteiger partial charge on any atom is 0.410 e. The number of carbonyl (C=O) groups excluding carboxylic acids is 2. The summed E-state index contributed by atoms with van der Waals surface area (Å²) in [6.07, 6.45) is 0.736. The number of methoxy groups -OCH3 is 1. The van der Waals surface area contributed by atoms with Gasteiger partial charge in [0.05, 0.1) is 13.0 Å². The van der Waals surface area contributed by atoms with Crippen molar-refractivity contribution in [1.29, 1.82) is 0 Å². The van der Waals surface area contributed by atoms with E-state index in [2.05, 4.69) is 0 Å². The van der Waals surface area contributed by atoms with E-state index in [0.29, 0.717) is 13.1 Å². The zero-order chi connectivity index (χ0) is 13.5. The van der Waals surface area contributed by atoms with Crippen LogP contribution in [-0.4, -0.2) is 42.8 Å². The Morgan fingerprint density at radius 2 is 1.72 bits per heavy atom. The van der Waals surface area contributed by atoms with Crippen LogP contribution in [0.1, 0.15) is 27.2 Å². The molecular formula is C13H21NO4. The first-order valence-electron chi connectivity index (χ1n) is 6.37. The van der Waals surface area contributed by atoms with Gasteiger partial charge in [-0.2, -0.15) is 0 Å². The molecule has 3 aliphatic rings. The van der Waals surface area contributed by atoms with E-state index in [4.69, 9.17) is 9.47 Å². The molecule has 102 valence electrons.